The van der Waals surface area contributed by atoms with Crippen molar-refractivity contribution in [2.24, 2.45) is 5.92 Å². The van der Waals surface area contributed by atoms with E-state index < -0.39 is 0 Å². The van der Waals surface area contributed by atoms with Crippen LogP contribution >= 0.6 is 0 Å². The minimum absolute atomic E-state index is 0.0737. The molecule has 0 bridgehead atoms. The van der Waals surface area contributed by atoms with Crippen molar-refractivity contribution in [1.82, 2.24) is 5.32 Å². The normalized spacial score (nSPS) is 11.7. The van der Waals surface area contributed by atoms with Gasteiger partial charge in [0.2, 0.25) is 11.8 Å². The molecule has 2 rings (SSSR count). The lowest BCUT2D eigenvalue weighted by atomic mass is 9.96. The summed E-state index contributed by atoms with van der Waals surface area (Å²) in [4.78, 5) is 23.7. The standard InChI is InChI=1S/C21H27N3O3/c1-14(2)21(16-8-6-5-7-9-16)22-13-20(26)24-18-12-17(23-15(3)25)10-11-19(18)27-4/h5-12,14,21-22H,13H2,1-4H3,(H,23,25)(H,24,26)/t21-/m1/s1. The molecule has 0 saturated carbocycles. The second-order valence-corrected chi connectivity index (χ2v) is 6.66. The zero-order chi connectivity index (χ0) is 19.8. The molecule has 0 spiro atoms. The number of anilines is 2. The van der Waals surface area contributed by atoms with Crippen molar-refractivity contribution < 1.29 is 14.3 Å². The number of amides is 2. The Kier molecular flexibility index (Phi) is 7.37. The lowest BCUT2D eigenvalue weighted by molar-refractivity contribution is -0.116. The number of nitrogens with one attached hydrogen (secondary N) is 3. The van der Waals surface area contributed by atoms with E-state index in [9.17, 15) is 9.59 Å². The van der Waals surface area contributed by atoms with Crippen molar-refractivity contribution in [3.63, 3.8) is 0 Å². The first-order valence-electron chi connectivity index (χ1n) is 8.94. The Hall–Kier alpha value is -2.86. The van der Waals surface area contributed by atoms with Gasteiger partial charge in [0.15, 0.2) is 0 Å². The van der Waals surface area contributed by atoms with Crippen molar-refractivity contribution in [2.75, 3.05) is 24.3 Å². The molecular formula is C21H27N3O3. The smallest absolute Gasteiger partial charge is 0.238 e. The minimum Gasteiger partial charge on any atom is -0.495 e. The summed E-state index contributed by atoms with van der Waals surface area (Å²) in [6.07, 6.45) is 0. The van der Waals surface area contributed by atoms with Gasteiger partial charge in [0.1, 0.15) is 5.75 Å². The lowest BCUT2D eigenvalue weighted by Crippen LogP contribution is -2.33. The number of benzene rings is 2. The lowest BCUT2D eigenvalue weighted by Gasteiger charge is -2.23. The number of hydrogen-bond donors (Lipinski definition) is 3. The Morgan fingerprint density at radius 3 is 2.33 bits per heavy atom. The van der Waals surface area contributed by atoms with Crippen LogP contribution in [0.3, 0.4) is 0 Å². The fourth-order valence-electron chi connectivity index (χ4n) is 2.88. The molecule has 0 aliphatic carbocycles. The van der Waals surface area contributed by atoms with Crippen molar-refractivity contribution >= 4 is 23.2 Å². The first kappa shape index (κ1) is 20.5. The molecule has 144 valence electrons. The highest BCUT2D eigenvalue weighted by Crippen LogP contribution is 2.28. The Morgan fingerprint density at radius 1 is 1.04 bits per heavy atom. The Morgan fingerprint density at radius 2 is 1.74 bits per heavy atom. The van der Waals surface area contributed by atoms with Gasteiger partial charge in [0.25, 0.3) is 0 Å². The molecule has 0 heterocycles. The molecule has 2 aromatic rings. The predicted molar refractivity (Wildman–Crippen MR) is 108 cm³/mol. The number of methoxy groups -OCH3 is 1. The maximum atomic E-state index is 12.5. The molecule has 0 aromatic heterocycles. The Bertz CT molecular complexity index is 775. The van der Waals surface area contributed by atoms with Gasteiger partial charge >= 0.3 is 0 Å². The maximum absolute atomic E-state index is 12.5. The van der Waals surface area contributed by atoms with Gasteiger partial charge in [-0.1, -0.05) is 44.2 Å². The summed E-state index contributed by atoms with van der Waals surface area (Å²) >= 11 is 0. The van der Waals surface area contributed by atoms with Crippen LogP contribution in [0.15, 0.2) is 48.5 Å². The molecule has 0 aliphatic rings. The van der Waals surface area contributed by atoms with Crippen molar-refractivity contribution in [1.29, 1.82) is 0 Å². The van der Waals surface area contributed by atoms with Crippen molar-refractivity contribution in [2.45, 2.75) is 26.8 Å². The molecule has 0 radical (unpaired) electrons. The SMILES string of the molecule is COc1ccc(NC(C)=O)cc1NC(=O)CN[C@@H](c1ccccc1)C(C)C. The zero-order valence-electron chi connectivity index (χ0n) is 16.2. The van der Waals surface area contributed by atoms with Gasteiger partial charge in [-0.25, -0.2) is 0 Å². The van der Waals surface area contributed by atoms with Crippen LogP contribution in [0.25, 0.3) is 0 Å². The zero-order valence-corrected chi connectivity index (χ0v) is 16.2. The van der Waals surface area contributed by atoms with Crippen LogP contribution in [0.4, 0.5) is 11.4 Å². The molecule has 0 unspecified atom stereocenters. The monoisotopic (exact) mass is 369 g/mol. The molecule has 3 N–H and O–H groups in total. The van der Waals surface area contributed by atoms with Crippen LogP contribution in [0.2, 0.25) is 0 Å². The minimum atomic E-state index is -0.185. The molecule has 27 heavy (non-hydrogen) atoms. The van der Waals surface area contributed by atoms with Crippen LogP contribution in [-0.4, -0.2) is 25.5 Å². The predicted octanol–water partition coefficient (Wildman–Crippen LogP) is 3.58. The Labute approximate surface area is 160 Å². The summed E-state index contributed by atoms with van der Waals surface area (Å²) in [5.74, 6) is 0.496. The third kappa shape index (κ3) is 6.11. The Balaban J connectivity index is 2.05. The van der Waals surface area contributed by atoms with Gasteiger partial charge in [-0.15, -0.1) is 0 Å². The van der Waals surface area contributed by atoms with Gasteiger partial charge in [-0.3, -0.25) is 9.59 Å². The van der Waals surface area contributed by atoms with Crippen molar-refractivity contribution in [3.05, 3.63) is 54.1 Å². The fraction of sp³-hybridized carbons (Fsp3) is 0.333. The number of ether oxygens (including phenoxy) is 1. The molecule has 2 aromatic carbocycles. The van der Waals surface area contributed by atoms with E-state index in [0.717, 1.165) is 5.56 Å². The third-order valence-corrected chi connectivity index (χ3v) is 4.10. The summed E-state index contributed by atoms with van der Waals surface area (Å²) in [7, 11) is 1.53. The number of carbonyl (C=O) groups excluding carboxylic acids is 2. The first-order valence-corrected chi connectivity index (χ1v) is 8.94. The van der Waals surface area contributed by atoms with Gasteiger partial charge in [0, 0.05) is 18.7 Å². The van der Waals surface area contributed by atoms with E-state index in [4.69, 9.17) is 4.74 Å². The first-order chi connectivity index (χ1) is 12.9. The quantitative estimate of drug-likeness (QED) is 0.664. The van der Waals surface area contributed by atoms with E-state index in [1.54, 1.807) is 18.2 Å². The summed E-state index contributed by atoms with van der Waals surface area (Å²) in [6.45, 7) is 5.82. The van der Waals surface area contributed by atoms with Crippen LogP contribution in [0.1, 0.15) is 32.4 Å². The molecular weight excluding hydrogens is 342 g/mol. The highest BCUT2D eigenvalue weighted by molar-refractivity contribution is 5.95. The molecule has 0 saturated heterocycles. The maximum Gasteiger partial charge on any atom is 0.238 e. The topological polar surface area (TPSA) is 79.5 Å². The highest BCUT2D eigenvalue weighted by atomic mass is 16.5. The number of hydrogen-bond acceptors (Lipinski definition) is 4. The van der Waals surface area contributed by atoms with E-state index in [1.165, 1.54) is 14.0 Å². The molecule has 6 heteroatoms. The number of carbonyl (C=O) groups is 2. The van der Waals surface area contributed by atoms with E-state index in [0.29, 0.717) is 23.0 Å². The summed E-state index contributed by atoms with van der Waals surface area (Å²) in [6, 6.07) is 15.2. The highest BCUT2D eigenvalue weighted by Gasteiger charge is 2.17. The average molecular weight is 369 g/mol. The van der Waals surface area contributed by atoms with Crippen LogP contribution in [0, 0.1) is 5.92 Å². The van der Waals surface area contributed by atoms with Gasteiger partial charge < -0.3 is 20.7 Å². The third-order valence-electron chi connectivity index (χ3n) is 4.10. The largest absolute Gasteiger partial charge is 0.495 e. The molecule has 0 aliphatic heterocycles. The van der Waals surface area contributed by atoms with Crippen LogP contribution < -0.4 is 20.7 Å². The number of rotatable bonds is 8. The van der Waals surface area contributed by atoms with Crippen LogP contribution in [-0.2, 0) is 9.59 Å². The average Bonchev–Trinajstić information content (AvgIpc) is 2.62. The molecule has 0 fully saturated rings. The fourth-order valence-corrected chi connectivity index (χ4v) is 2.88. The molecule has 1 atom stereocenters. The summed E-state index contributed by atoms with van der Waals surface area (Å²) < 4.78 is 5.29. The summed E-state index contributed by atoms with van der Waals surface area (Å²) in [5, 5.41) is 8.86. The van der Waals surface area contributed by atoms with E-state index >= 15 is 0 Å². The second kappa shape index (κ2) is 9.73. The van der Waals surface area contributed by atoms with E-state index in [1.807, 2.05) is 18.2 Å². The van der Waals surface area contributed by atoms with Gasteiger partial charge in [0.05, 0.1) is 19.3 Å². The summed E-state index contributed by atoms with van der Waals surface area (Å²) in [5.41, 5.74) is 2.25. The van der Waals surface area contributed by atoms with Gasteiger partial charge in [-0.2, -0.15) is 0 Å². The molecule has 6 nitrogen and oxygen atoms in total. The van der Waals surface area contributed by atoms with E-state index in [2.05, 4.69) is 41.9 Å². The van der Waals surface area contributed by atoms with E-state index in [-0.39, 0.29) is 24.4 Å². The van der Waals surface area contributed by atoms with Crippen molar-refractivity contribution in [3.8, 4) is 5.75 Å². The van der Waals surface area contributed by atoms with Crippen LogP contribution in [0.5, 0.6) is 5.75 Å². The molecule has 2 amide bonds. The second-order valence-electron chi connectivity index (χ2n) is 6.66. The van der Waals surface area contributed by atoms with Gasteiger partial charge in [-0.05, 0) is 29.7 Å².